The third-order valence-electron chi connectivity index (χ3n) is 3.33. The topological polar surface area (TPSA) is 64.6 Å². The molecule has 2 rings (SSSR count). The monoisotopic (exact) mass is 365 g/mol. The number of amides is 1. The van der Waals surface area contributed by atoms with Gasteiger partial charge in [-0.1, -0.05) is 23.7 Å². The molecular formula is C18H17ClFNO4. The maximum atomic E-state index is 12.8. The molecule has 0 saturated carbocycles. The van der Waals surface area contributed by atoms with E-state index in [4.69, 9.17) is 21.1 Å². The second-order valence-corrected chi connectivity index (χ2v) is 5.59. The Morgan fingerprint density at radius 1 is 1.16 bits per heavy atom. The van der Waals surface area contributed by atoms with Gasteiger partial charge in [-0.25, -0.2) is 4.39 Å². The fourth-order valence-electron chi connectivity index (χ4n) is 2.06. The number of halogens is 2. The van der Waals surface area contributed by atoms with Gasteiger partial charge < -0.3 is 14.8 Å². The normalized spacial score (nSPS) is 10.2. The Hall–Kier alpha value is -2.60. The van der Waals surface area contributed by atoms with E-state index in [0.717, 1.165) is 5.56 Å². The van der Waals surface area contributed by atoms with Crippen LogP contribution in [0.1, 0.15) is 12.0 Å². The summed E-state index contributed by atoms with van der Waals surface area (Å²) in [6.07, 6.45) is 0.516. The Morgan fingerprint density at radius 2 is 1.88 bits per heavy atom. The molecule has 0 unspecified atom stereocenters. The van der Waals surface area contributed by atoms with Crippen molar-refractivity contribution in [1.82, 2.24) is 0 Å². The molecule has 0 spiro atoms. The Bertz CT molecular complexity index is 749. The first-order chi connectivity index (χ1) is 12.0. The summed E-state index contributed by atoms with van der Waals surface area (Å²) in [5.74, 6) is -0.822. The second kappa shape index (κ2) is 9.03. The number of hydrogen-bond acceptors (Lipinski definition) is 4. The van der Waals surface area contributed by atoms with Crippen LogP contribution in [0, 0.1) is 5.82 Å². The highest BCUT2D eigenvalue weighted by Crippen LogP contribution is 2.27. The van der Waals surface area contributed by atoms with Crippen molar-refractivity contribution < 1.29 is 23.5 Å². The summed E-state index contributed by atoms with van der Waals surface area (Å²) in [6, 6.07) is 10.6. The number of rotatable bonds is 7. The Balaban J connectivity index is 1.74. The van der Waals surface area contributed by atoms with Crippen LogP contribution in [0.5, 0.6) is 5.75 Å². The maximum absolute atomic E-state index is 12.8. The van der Waals surface area contributed by atoms with E-state index in [-0.39, 0.29) is 12.2 Å². The van der Waals surface area contributed by atoms with Gasteiger partial charge in [-0.05, 0) is 42.3 Å². The van der Waals surface area contributed by atoms with E-state index in [1.165, 1.54) is 25.3 Å². The predicted octanol–water partition coefficient (Wildman–Crippen LogP) is 3.60. The second-order valence-electron chi connectivity index (χ2n) is 5.18. The molecule has 2 aromatic rings. The molecule has 0 saturated heterocycles. The van der Waals surface area contributed by atoms with Crippen LogP contribution < -0.4 is 10.1 Å². The summed E-state index contributed by atoms with van der Waals surface area (Å²) in [7, 11) is 1.49. The average molecular weight is 366 g/mol. The van der Waals surface area contributed by atoms with Crippen molar-refractivity contribution in [3.05, 3.63) is 58.9 Å². The van der Waals surface area contributed by atoms with E-state index in [1.807, 2.05) is 0 Å². The van der Waals surface area contributed by atoms with Crippen molar-refractivity contribution in [2.24, 2.45) is 0 Å². The lowest BCUT2D eigenvalue weighted by Crippen LogP contribution is -2.21. The molecule has 0 aliphatic carbocycles. The molecule has 2 aromatic carbocycles. The number of hydrogen-bond donors (Lipinski definition) is 1. The van der Waals surface area contributed by atoms with Gasteiger partial charge in [0.15, 0.2) is 6.61 Å². The lowest BCUT2D eigenvalue weighted by Gasteiger charge is -2.08. The quantitative estimate of drug-likeness (QED) is 0.761. The predicted molar refractivity (Wildman–Crippen MR) is 92.3 cm³/mol. The van der Waals surface area contributed by atoms with E-state index in [0.29, 0.717) is 22.9 Å². The van der Waals surface area contributed by atoms with Crippen LogP contribution >= 0.6 is 11.6 Å². The summed E-state index contributed by atoms with van der Waals surface area (Å²) in [5, 5.41) is 2.93. The van der Waals surface area contributed by atoms with Gasteiger partial charge in [-0.15, -0.1) is 0 Å². The Kier molecular flexibility index (Phi) is 6.77. The van der Waals surface area contributed by atoms with E-state index >= 15 is 0 Å². The highest BCUT2D eigenvalue weighted by molar-refractivity contribution is 6.32. The summed E-state index contributed by atoms with van der Waals surface area (Å²) in [4.78, 5) is 23.5. The molecule has 7 heteroatoms. The molecule has 0 heterocycles. The van der Waals surface area contributed by atoms with E-state index in [9.17, 15) is 14.0 Å². The average Bonchev–Trinajstić information content (AvgIpc) is 2.59. The molecule has 0 aliphatic rings. The lowest BCUT2D eigenvalue weighted by molar-refractivity contribution is -0.147. The molecule has 0 radical (unpaired) electrons. The van der Waals surface area contributed by atoms with Crippen LogP contribution in [-0.2, 0) is 20.7 Å². The van der Waals surface area contributed by atoms with Gasteiger partial charge >= 0.3 is 5.97 Å². The zero-order valence-corrected chi connectivity index (χ0v) is 14.3. The molecule has 5 nitrogen and oxygen atoms in total. The fraction of sp³-hybridized carbons (Fsp3) is 0.222. The van der Waals surface area contributed by atoms with Crippen molar-refractivity contribution in [3.8, 4) is 5.75 Å². The largest absolute Gasteiger partial charge is 0.495 e. The van der Waals surface area contributed by atoms with Crippen LogP contribution in [-0.4, -0.2) is 25.6 Å². The molecular weight excluding hydrogens is 349 g/mol. The fourth-order valence-corrected chi connectivity index (χ4v) is 2.31. The SMILES string of the molecule is COc1ccc(NC(=O)COC(=O)CCc2ccc(F)cc2)cc1Cl. The molecule has 132 valence electrons. The summed E-state index contributed by atoms with van der Waals surface area (Å²) >= 11 is 5.96. The van der Waals surface area contributed by atoms with Crippen LogP contribution in [0.15, 0.2) is 42.5 Å². The van der Waals surface area contributed by atoms with Gasteiger partial charge in [-0.3, -0.25) is 9.59 Å². The Labute approximate surface area is 149 Å². The van der Waals surface area contributed by atoms with Crippen molar-refractivity contribution in [3.63, 3.8) is 0 Å². The summed E-state index contributed by atoms with van der Waals surface area (Å²) < 4.78 is 22.7. The molecule has 1 amide bonds. The number of benzene rings is 2. The number of esters is 1. The maximum Gasteiger partial charge on any atom is 0.306 e. The number of anilines is 1. The third-order valence-corrected chi connectivity index (χ3v) is 3.63. The standard InChI is InChI=1S/C18H17ClFNO4/c1-24-16-8-7-14(10-15(16)19)21-17(22)11-25-18(23)9-4-12-2-5-13(20)6-3-12/h2-3,5-8,10H,4,9,11H2,1H3,(H,21,22). The molecule has 0 atom stereocenters. The smallest absolute Gasteiger partial charge is 0.306 e. The van der Waals surface area contributed by atoms with Crippen LogP contribution in [0.4, 0.5) is 10.1 Å². The number of nitrogens with one attached hydrogen (secondary N) is 1. The first kappa shape index (κ1) is 18.7. The number of carbonyl (C=O) groups is 2. The number of carbonyl (C=O) groups excluding carboxylic acids is 2. The lowest BCUT2D eigenvalue weighted by atomic mass is 10.1. The molecule has 0 fully saturated rings. The Morgan fingerprint density at radius 3 is 2.52 bits per heavy atom. The van der Waals surface area contributed by atoms with Crippen LogP contribution in [0.3, 0.4) is 0 Å². The van der Waals surface area contributed by atoms with Crippen molar-refractivity contribution in [2.45, 2.75) is 12.8 Å². The van der Waals surface area contributed by atoms with Gasteiger partial charge in [0, 0.05) is 12.1 Å². The minimum atomic E-state index is -0.507. The van der Waals surface area contributed by atoms with Gasteiger partial charge in [0.25, 0.3) is 5.91 Å². The number of methoxy groups -OCH3 is 1. The van der Waals surface area contributed by atoms with Crippen molar-refractivity contribution >= 4 is 29.2 Å². The summed E-state index contributed by atoms with van der Waals surface area (Å²) in [5.41, 5.74) is 1.29. The first-order valence-electron chi connectivity index (χ1n) is 7.51. The summed E-state index contributed by atoms with van der Waals surface area (Å²) in [6.45, 7) is -0.397. The molecule has 25 heavy (non-hydrogen) atoms. The minimum Gasteiger partial charge on any atom is -0.495 e. The molecule has 0 aromatic heterocycles. The number of ether oxygens (including phenoxy) is 2. The molecule has 0 bridgehead atoms. The van der Waals surface area contributed by atoms with Crippen molar-refractivity contribution in [1.29, 1.82) is 0 Å². The van der Waals surface area contributed by atoms with Crippen molar-refractivity contribution in [2.75, 3.05) is 19.0 Å². The van der Waals surface area contributed by atoms with E-state index in [1.54, 1.807) is 24.3 Å². The highest BCUT2D eigenvalue weighted by atomic mass is 35.5. The third kappa shape index (κ3) is 6.08. The zero-order valence-electron chi connectivity index (χ0n) is 13.6. The van der Waals surface area contributed by atoms with Crippen LogP contribution in [0.2, 0.25) is 5.02 Å². The van der Waals surface area contributed by atoms with Crippen LogP contribution in [0.25, 0.3) is 0 Å². The van der Waals surface area contributed by atoms with Gasteiger partial charge in [0.05, 0.1) is 12.1 Å². The van der Waals surface area contributed by atoms with Gasteiger partial charge in [-0.2, -0.15) is 0 Å². The molecule has 0 aliphatic heterocycles. The number of aryl methyl sites for hydroxylation is 1. The molecule has 1 N–H and O–H groups in total. The van der Waals surface area contributed by atoms with Gasteiger partial charge in [0.1, 0.15) is 11.6 Å². The van der Waals surface area contributed by atoms with E-state index < -0.39 is 18.5 Å². The minimum absolute atomic E-state index is 0.104. The zero-order chi connectivity index (χ0) is 18.2. The first-order valence-corrected chi connectivity index (χ1v) is 7.89. The van der Waals surface area contributed by atoms with E-state index in [2.05, 4.69) is 5.32 Å². The van der Waals surface area contributed by atoms with Gasteiger partial charge in [0.2, 0.25) is 0 Å². The highest BCUT2D eigenvalue weighted by Gasteiger charge is 2.09.